The van der Waals surface area contributed by atoms with Gasteiger partial charge in [-0.25, -0.2) is 4.79 Å². The Morgan fingerprint density at radius 2 is 2.26 bits per heavy atom. The summed E-state index contributed by atoms with van der Waals surface area (Å²) in [5.74, 6) is -0.950. The van der Waals surface area contributed by atoms with Crippen LogP contribution in [0.1, 0.15) is 23.2 Å². The van der Waals surface area contributed by atoms with Crippen molar-refractivity contribution in [1.29, 1.82) is 0 Å². The molecular formula is C14H19ClN2O2. The molecule has 1 fully saturated rings. The minimum atomic E-state index is -0.950. The number of rotatable bonds is 3. The van der Waals surface area contributed by atoms with Crippen LogP contribution in [0.15, 0.2) is 18.2 Å². The van der Waals surface area contributed by atoms with Gasteiger partial charge >= 0.3 is 5.97 Å². The molecule has 0 radical (unpaired) electrons. The van der Waals surface area contributed by atoms with Crippen LogP contribution in [0.25, 0.3) is 0 Å². The zero-order valence-electron chi connectivity index (χ0n) is 11.3. The second-order valence-electron chi connectivity index (χ2n) is 5.14. The van der Waals surface area contributed by atoms with E-state index < -0.39 is 5.97 Å². The number of halogens is 1. The number of anilines is 1. The molecule has 1 saturated heterocycles. The van der Waals surface area contributed by atoms with Crippen LogP contribution in [0.3, 0.4) is 0 Å². The van der Waals surface area contributed by atoms with E-state index >= 15 is 0 Å². The summed E-state index contributed by atoms with van der Waals surface area (Å²) >= 11 is 6.21. The number of benzene rings is 1. The molecule has 0 saturated carbocycles. The van der Waals surface area contributed by atoms with Crippen LogP contribution < -0.4 is 4.90 Å². The Hall–Kier alpha value is -1.26. The molecule has 1 atom stereocenters. The molecule has 1 aliphatic rings. The highest BCUT2D eigenvalue weighted by Gasteiger charge is 2.22. The maximum Gasteiger partial charge on any atom is 0.335 e. The van der Waals surface area contributed by atoms with Crippen LogP contribution in [-0.2, 0) is 0 Å². The molecule has 1 unspecified atom stereocenters. The van der Waals surface area contributed by atoms with Crippen molar-refractivity contribution in [2.24, 2.45) is 0 Å². The molecule has 104 valence electrons. The number of carbonyl (C=O) groups is 1. The highest BCUT2D eigenvalue weighted by Crippen LogP contribution is 2.29. The highest BCUT2D eigenvalue weighted by molar-refractivity contribution is 6.33. The number of likely N-dealkylation sites (tertiary alicyclic amines) is 1. The number of hydrogen-bond donors (Lipinski definition) is 1. The SMILES string of the molecule is CN1CCCC(N(C)c2ccc(C(=O)O)cc2Cl)C1. The van der Waals surface area contributed by atoms with Gasteiger partial charge in [-0.05, 0) is 44.6 Å². The van der Waals surface area contributed by atoms with Gasteiger partial charge in [0.25, 0.3) is 0 Å². The number of carboxylic acid groups (broad SMARTS) is 1. The Bertz CT molecular complexity index is 479. The molecule has 5 heteroatoms. The van der Waals surface area contributed by atoms with Gasteiger partial charge in [0, 0.05) is 19.6 Å². The van der Waals surface area contributed by atoms with Gasteiger partial charge in [-0.3, -0.25) is 0 Å². The van der Waals surface area contributed by atoms with Crippen molar-refractivity contribution < 1.29 is 9.90 Å². The summed E-state index contributed by atoms with van der Waals surface area (Å²) in [6.45, 7) is 2.14. The molecule has 1 aromatic carbocycles. The van der Waals surface area contributed by atoms with Crippen molar-refractivity contribution in [1.82, 2.24) is 4.90 Å². The van der Waals surface area contributed by atoms with Gasteiger partial charge < -0.3 is 14.9 Å². The molecule has 4 nitrogen and oxygen atoms in total. The van der Waals surface area contributed by atoms with Crippen LogP contribution in [0.4, 0.5) is 5.69 Å². The van der Waals surface area contributed by atoms with E-state index in [0.29, 0.717) is 11.1 Å². The number of aromatic carboxylic acids is 1. The lowest BCUT2D eigenvalue weighted by atomic mass is 10.0. The summed E-state index contributed by atoms with van der Waals surface area (Å²) in [6.07, 6.45) is 2.31. The van der Waals surface area contributed by atoms with Crippen molar-refractivity contribution in [2.75, 3.05) is 32.1 Å². The third-order valence-electron chi connectivity index (χ3n) is 3.72. The molecule has 0 spiro atoms. The Balaban J connectivity index is 2.19. The molecule has 0 aliphatic carbocycles. The molecule has 1 heterocycles. The van der Waals surface area contributed by atoms with Crippen LogP contribution in [0, 0.1) is 0 Å². The summed E-state index contributed by atoms with van der Waals surface area (Å²) in [5, 5.41) is 9.44. The maximum absolute atomic E-state index is 10.9. The third-order valence-corrected chi connectivity index (χ3v) is 4.02. The van der Waals surface area contributed by atoms with E-state index in [9.17, 15) is 4.79 Å². The van der Waals surface area contributed by atoms with Crippen LogP contribution in [0.5, 0.6) is 0 Å². The van der Waals surface area contributed by atoms with Crippen LogP contribution in [-0.4, -0.2) is 49.2 Å². The van der Waals surface area contributed by atoms with Crippen molar-refractivity contribution in [2.45, 2.75) is 18.9 Å². The molecule has 1 aliphatic heterocycles. The minimum Gasteiger partial charge on any atom is -0.478 e. The molecule has 19 heavy (non-hydrogen) atoms. The molecule has 2 rings (SSSR count). The topological polar surface area (TPSA) is 43.8 Å². The number of carboxylic acids is 1. The fraction of sp³-hybridized carbons (Fsp3) is 0.500. The van der Waals surface area contributed by atoms with Crippen LogP contribution >= 0.6 is 11.6 Å². The average molecular weight is 283 g/mol. The van der Waals surface area contributed by atoms with Gasteiger partial charge in [0.1, 0.15) is 0 Å². The van der Waals surface area contributed by atoms with Gasteiger partial charge in [-0.15, -0.1) is 0 Å². The fourth-order valence-electron chi connectivity index (χ4n) is 2.58. The first-order chi connectivity index (χ1) is 8.99. The monoisotopic (exact) mass is 282 g/mol. The van der Waals surface area contributed by atoms with E-state index in [4.69, 9.17) is 16.7 Å². The molecule has 0 aromatic heterocycles. The van der Waals surface area contributed by atoms with Crippen molar-refractivity contribution in [3.05, 3.63) is 28.8 Å². The van der Waals surface area contributed by atoms with Gasteiger partial charge in [0.2, 0.25) is 0 Å². The Morgan fingerprint density at radius 1 is 1.53 bits per heavy atom. The van der Waals surface area contributed by atoms with Crippen molar-refractivity contribution in [3.8, 4) is 0 Å². The number of piperidine rings is 1. The Morgan fingerprint density at radius 3 is 2.84 bits per heavy atom. The summed E-state index contributed by atoms with van der Waals surface area (Å²) in [4.78, 5) is 15.4. The van der Waals surface area contributed by atoms with Crippen LogP contribution in [0.2, 0.25) is 5.02 Å². The summed E-state index contributed by atoms with van der Waals surface area (Å²) in [6, 6.07) is 5.34. The van der Waals surface area contributed by atoms with Crippen molar-refractivity contribution >= 4 is 23.3 Å². The second-order valence-corrected chi connectivity index (χ2v) is 5.55. The molecule has 1 aromatic rings. The third kappa shape index (κ3) is 3.19. The molecule has 0 amide bonds. The normalized spacial score (nSPS) is 20.3. The van der Waals surface area contributed by atoms with E-state index in [-0.39, 0.29) is 5.56 Å². The van der Waals surface area contributed by atoms with Gasteiger partial charge in [0.15, 0.2) is 0 Å². The first-order valence-electron chi connectivity index (χ1n) is 6.43. The lowest BCUT2D eigenvalue weighted by molar-refractivity contribution is 0.0697. The van der Waals surface area contributed by atoms with Gasteiger partial charge in [0.05, 0.1) is 16.3 Å². The first-order valence-corrected chi connectivity index (χ1v) is 6.81. The predicted molar refractivity (Wildman–Crippen MR) is 77.3 cm³/mol. The van der Waals surface area contributed by atoms with Gasteiger partial charge in [-0.1, -0.05) is 11.6 Å². The first kappa shape index (κ1) is 14.2. The Labute approximate surface area is 118 Å². The summed E-state index contributed by atoms with van der Waals surface area (Å²) < 4.78 is 0. The largest absolute Gasteiger partial charge is 0.478 e. The highest BCUT2D eigenvalue weighted by atomic mass is 35.5. The Kier molecular flexibility index (Phi) is 4.32. The van der Waals surface area contributed by atoms with Gasteiger partial charge in [-0.2, -0.15) is 0 Å². The predicted octanol–water partition coefficient (Wildman–Crippen LogP) is 2.57. The smallest absolute Gasteiger partial charge is 0.335 e. The number of hydrogen-bond acceptors (Lipinski definition) is 3. The van der Waals surface area contributed by atoms with E-state index in [1.165, 1.54) is 12.5 Å². The molecular weight excluding hydrogens is 264 g/mol. The van der Waals surface area contributed by atoms with Crippen molar-refractivity contribution in [3.63, 3.8) is 0 Å². The zero-order chi connectivity index (χ0) is 14.0. The second kappa shape index (κ2) is 5.80. The maximum atomic E-state index is 10.9. The van der Waals surface area contributed by atoms with E-state index in [2.05, 4.69) is 16.8 Å². The summed E-state index contributed by atoms with van der Waals surface area (Å²) in [7, 11) is 4.14. The standard InChI is InChI=1S/C14H19ClN2O2/c1-16-7-3-4-11(9-16)17(2)13-6-5-10(14(18)19)8-12(13)15/h5-6,8,11H,3-4,7,9H2,1-2H3,(H,18,19). The average Bonchev–Trinajstić information content (AvgIpc) is 2.37. The number of likely N-dealkylation sites (N-methyl/N-ethyl adjacent to an activating group) is 2. The van der Waals surface area contributed by atoms with E-state index in [0.717, 1.165) is 25.2 Å². The summed E-state index contributed by atoms with van der Waals surface area (Å²) in [5.41, 5.74) is 1.12. The zero-order valence-corrected chi connectivity index (χ0v) is 12.0. The molecule has 0 bridgehead atoms. The fourth-order valence-corrected chi connectivity index (χ4v) is 2.89. The quantitative estimate of drug-likeness (QED) is 0.925. The molecule has 1 N–H and O–H groups in total. The number of nitrogens with zero attached hydrogens (tertiary/aromatic N) is 2. The minimum absolute atomic E-state index is 0.225. The van der Waals surface area contributed by atoms with E-state index in [1.54, 1.807) is 12.1 Å². The lowest BCUT2D eigenvalue weighted by Crippen LogP contribution is -2.45. The lowest BCUT2D eigenvalue weighted by Gasteiger charge is -2.37. The van der Waals surface area contributed by atoms with E-state index in [1.807, 2.05) is 7.05 Å².